The quantitative estimate of drug-likeness (QED) is 0.114. The zero-order chi connectivity index (χ0) is 57.3. The number of nitrogens with zero attached hydrogens (tertiary/aromatic N) is 4. The number of aromatic nitrogens is 2. The monoisotopic (exact) mass is 1100 g/mol. The summed E-state index contributed by atoms with van der Waals surface area (Å²) in [5, 5.41) is 11.6. The molecule has 0 saturated carbocycles. The molecule has 0 aliphatic rings. The van der Waals surface area contributed by atoms with Crippen LogP contribution < -0.4 is 9.80 Å². The minimum atomic E-state index is 0.743. The van der Waals surface area contributed by atoms with Crippen LogP contribution in [-0.4, -0.2) is 8.80 Å². The Labute approximate surface area is 495 Å². The minimum absolute atomic E-state index is 0.743. The van der Waals surface area contributed by atoms with E-state index >= 15 is 0 Å². The molecule has 0 amide bonds. The van der Waals surface area contributed by atoms with Crippen molar-refractivity contribution in [2.24, 2.45) is 0 Å². The van der Waals surface area contributed by atoms with Gasteiger partial charge in [0.2, 0.25) is 0 Å². The number of benzene rings is 11. The second-order valence-electron chi connectivity index (χ2n) is 22.3. The van der Waals surface area contributed by atoms with Crippen LogP contribution in [0.1, 0.15) is 29.6 Å². The van der Waals surface area contributed by atoms with Gasteiger partial charge >= 0.3 is 0 Å². The molecule has 0 fully saturated rings. The van der Waals surface area contributed by atoms with Crippen LogP contribution in [0.25, 0.3) is 139 Å². The third-order valence-corrected chi connectivity index (χ3v) is 17.8. The van der Waals surface area contributed by atoms with Gasteiger partial charge in [0.1, 0.15) is 11.5 Å². The highest BCUT2D eigenvalue weighted by Gasteiger charge is 2.30. The molecule has 6 heterocycles. The number of hydrogen-bond acceptors (Lipinski definition) is 4. The van der Waals surface area contributed by atoms with Crippen molar-refractivity contribution in [2.45, 2.75) is 13.8 Å². The van der Waals surface area contributed by atoms with Crippen molar-refractivity contribution in [3.63, 3.8) is 0 Å². The maximum Gasteiger partial charge on any atom is 0.159 e. The molecule has 0 aliphatic heterocycles. The lowest BCUT2D eigenvalue weighted by molar-refractivity contribution is 0.578. The molecule has 6 nitrogen and oxygen atoms in total. The summed E-state index contributed by atoms with van der Waals surface area (Å²) < 4.78 is 18.8. The first-order chi connectivity index (χ1) is 42.5. The highest BCUT2D eigenvalue weighted by molar-refractivity contribution is 6.31. The largest absolute Gasteiger partial charge is 0.459 e. The van der Waals surface area contributed by atoms with Crippen molar-refractivity contribution < 1.29 is 8.83 Å². The van der Waals surface area contributed by atoms with Crippen LogP contribution in [0, 0.1) is 6.92 Å². The van der Waals surface area contributed by atoms with Crippen molar-refractivity contribution in [2.75, 3.05) is 9.80 Å². The van der Waals surface area contributed by atoms with Crippen LogP contribution in [-0.2, 0) is 0 Å². The molecular formula is C80H54N4O2. The maximum atomic E-state index is 6.88. The highest BCUT2D eigenvalue weighted by atomic mass is 16.3. The van der Waals surface area contributed by atoms with Crippen LogP contribution in [0.4, 0.5) is 34.1 Å². The van der Waals surface area contributed by atoms with E-state index in [-0.39, 0.29) is 0 Å². The van der Waals surface area contributed by atoms with E-state index in [0.29, 0.717) is 0 Å². The number of furan rings is 2. The van der Waals surface area contributed by atoms with Gasteiger partial charge in [-0.2, -0.15) is 0 Å². The molecular weight excluding hydrogens is 1050 g/mol. The van der Waals surface area contributed by atoms with Gasteiger partial charge in [-0.1, -0.05) is 213 Å². The van der Waals surface area contributed by atoms with Crippen molar-refractivity contribution in [1.29, 1.82) is 0 Å². The Kier molecular flexibility index (Phi) is 11.0. The predicted octanol–water partition coefficient (Wildman–Crippen LogP) is 22.9. The Hall–Kier alpha value is -11.3. The van der Waals surface area contributed by atoms with Crippen LogP contribution in [0.15, 0.2) is 271 Å². The Bertz CT molecular complexity index is 5670. The van der Waals surface area contributed by atoms with Crippen LogP contribution in [0.5, 0.6) is 0 Å². The first kappa shape index (κ1) is 49.3. The molecule has 0 bridgehead atoms. The lowest BCUT2D eigenvalue weighted by atomic mass is 9.99. The zero-order valence-electron chi connectivity index (χ0n) is 47.4. The fourth-order valence-corrected chi connectivity index (χ4v) is 14.3. The van der Waals surface area contributed by atoms with E-state index in [1.165, 1.54) is 59.8 Å². The number of allylic oxidation sites excluding steroid dienone is 3. The number of hydrogen-bond donors (Lipinski definition) is 0. The van der Waals surface area contributed by atoms with E-state index in [0.717, 1.165) is 117 Å². The molecule has 11 aromatic carbocycles. The molecule has 0 saturated heterocycles. The van der Waals surface area contributed by atoms with Gasteiger partial charge in [-0.15, -0.1) is 0 Å². The summed E-state index contributed by atoms with van der Waals surface area (Å²) in [6.07, 6.45) is 11.9. The zero-order valence-corrected chi connectivity index (χ0v) is 47.4. The van der Waals surface area contributed by atoms with Crippen molar-refractivity contribution in [1.82, 2.24) is 8.80 Å². The van der Waals surface area contributed by atoms with Crippen LogP contribution >= 0.6 is 0 Å². The molecule has 0 aliphatic carbocycles. The first-order valence-corrected chi connectivity index (χ1v) is 29.4. The van der Waals surface area contributed by atoms with E-state index in [1.807, 2.05) is 32.1 Å². The van der Waals surface area contributed by atoms with Gasteiger partial charge in [-0.25, -0.2) is 0 Å². The standard InChI is InChI=1S/C80H54N4O2/c1-5-8-30-52-49(4)85-79-58(52)35-21-45-70(79)81(64-39-17-15-31-53(64)50-26-11-9-12-27-50)66-41-23-43-68-75(66)60-37-19-33-56-62-48-73-63(47-72(62)83(68)77(56)60)57-34-20-38-61-76-67(42-24-44-69(76)84(73)78(57)61)82(65-40-18-16-32-54(65)51-28-13-10-14-29-51)71-46-22-36-59-55(25-6-2)74(7-3)86-80(59)71/h5-48H,1,3H2,2,4H3/b25-6-,30-8-. The SMILES string of the molecule is C=C/C=C\c1c(C)oc2c(N(c3ccccc3-c3ccccc3)c3cccc4c3c3cccc5c6cc7c(cc6n4c53)c3cccc4c5c(N(c6ccccc6-c6ccccc6)c6cccc8c(/C=C\C)c(C=C)oc68)cccc5n7c34)cccc12. The molecule has 6 aromatic heterocycles. The van der Waals surface area contributed by atoms with Gasteiger partial charge in [-0.3, -0.25) is 0 Å². The molecule has 6 heteroatoms. The predicted molar refractivity (Wildman–Crippen MR) is 364 cm³/mol. The minimum Gasteiger partial charge on any atom is -0.459 e. The summed E-state index contributed by atoms with van der Waals surface area (Å²) >= 11 is 0. The third kappa shape index (κ3) is 6.95. The number of aryl methyl sites for hydroxylation is 1. The lowest BCUT2D eigenvalue weighted by Gasteiger charge is -2.28. The summed E-state index contributed by atoms with van der Waals surface area (Å²) in [6.45, 7) is 12.2. The topological polar surface area (TPSA) is 41.6 Å². The lowest BCUT2D eigenvalue weighted by Crippen LogP contribution is -2.12. The van der Waals surface area contributed by atoms with E-state index in [1.54, 1.807) is 0 Å². The van der Waals surface area contributed by atoms with Gasteiger partial charge in [0.15, 0.2) is 11.2 Å². The summed E-state index contributed by atoms with van der Waals surface area (Å²) in [5.74, 6) is 1.60. The summed E-state index contributed by atoms with van der Waals surface area (Å²) in [6, 6.07) is 84.1. The normalized spacial score (nSPS) is 12.3. The summed E-state index contributed by atoms with van der Waals surface area (Å²) in [4.78, 5) is 4.86. The fourth-order valence-electron chi connectivity index (χ4n) is 14.3. The molecule has 0 spiro atoms. The summed E-state index contributed by atoms with van der Waals surface area (Å²) in [5.41, 5.74) is 21.3. The van der Waals surface area contributed by atoms with Crippen molar-refractivity contribution in [3.8, 4) is 22.3 Å². The Morgan fingerprint density at radius 3 is 1.33 bits per heavy atom. The smallest absolute Gasteiger partial charge is 0.159 e. The Morgan fingerprint density at radius 2 is 0.814 bits per heavy atom. The maximum absolute atomic E-state index is 6.88. The second-order valence-corrected chi connectivity index (χ2v) is 22.3. The molecule has 0 unspecified atom stereocenters. The molecule has 17 aromatic rings. The van der Waals surface area contributed by atoms with E-state index < -0.39 is 0 Å². The van der Waals surface area contributed by atoms with Crippen molar-refractivity contribution >= 4 is 150 Å². The Balaban J connectivity index is 0.920. The molecule has 0 N–H and O–H groups in total. The highest BCUT2D eigenvalue weighted by Crippen LogP contribution is 2.54. The van der Waals surface area contributed by atoms with Gasteiger partial charge in [0, 0.05) is 76.1 Å². The summed E-state index contributed by atoms with van der Waals surface area (Å²) in [7, 11) is 0. The average molecular weight is 1100 g/mol. The first-order valence-electron chi connectivity index (χ1n) is 29.4. The average Bonchev–Trinajstić information content (AvgIpc) is 1.72. The second kappa shape index (κ2) is 19.1. The number of para-hydroxylation sites is 6. The molecule has 0 atom stereocenters. The van der Waals surface area contributed by atoms with Crippen LogP contribution in [0.3, 0.4) is 0 Å². The van der Waals surface area contributed by atoms with Gasteiger partial charge in [0.05, 0.1) is 67.2 Å². The number of anilines is 6. The number of rotatable bonds is 12. The Morgan fingerprint density at radius 1 is 0.384 bits per heavy atom. The van der Waals surface area contributed by atoms with E-state index in [2.05, 4.69) is 281 Å². The van der Waals surface area contributed by atoms with Gasteiger partial charge in [-0.05, 0) is 91.7 Å². The van der Waals surface area contributed by atoms with Crippen molar-refractivity contribution in [3.05, 3.63) is 285 Å². The molecule has 406 valence electrons. The van der Waals surface area contributed by atoms with Crippen LogP contribution in [0.2, 0.25) is 0 Å². The molecule has 86 heavy (non-hydrogen) atoms. The molecule has 17 rings (SSSR count). The van der Waals surface area contributed by atoms with E-state index in [4.69, 9.17) is 8.83 Å². The third-order valence-electron chi connectivity index (χ3n) is 17.8. The van der Waals surface area contributed by atoms with Gasteiger partial charge < -0.3 is 27.4 Å². The fraction of sp³-hybridized carbons (Fsp3) is 0.0250. The number of fused-ring (bicyclic) bond motifs is 14. The molecule has 0 radical (unpaired) electrons. The van der Waals surface area contributed by atoms with E-state index in [9.17, 15) is 0 Å². The van der Waals surface area contributed by atoms with Gasteiger partial charge in [0.25, 0.3) is 0 Å².